The molecule has 1 aliphatic heterocycles. The van der Waals surface area contributed by atoms with Gasteiger partial charge in [-0.1, -0.05) is 12.8 Å². The van der Waals surface area contributed by atoms with Gasteiger partial charge in [-0.15, -0.1) is 24.0 Å². The molecule has 0 aromatic carbocycles. The van der Waals surface area contributed by atoms with E-state index in [0.717, 1.165) is 18.4 Å². The van der Waals surface area contributed by atoms with Crippen molar-refractivity contribution in [3.63, 3.8) is 0 Å². The van der Waals surface area contributed by atoms with Crippen LogP contribution in [0.1, 0.15) is 33.1 Å². The van der Waals surface area contributed by atoms with Gasteiger partial charge in [-0.05, 0) is 26.2 Å². The smallest absolute Gasteiger partial charge is 0.216 e. The molecule has 0 unspecified atom stereocenters. The molecule has 9 heteroatoms. The first-order valence-corrected chi connectivity index (χ1v) is 10.6. The summed E-state index contributed by atoms with van der Waals surface area (Å²) in [6, 6.07) is 0. The van der Waals surface area contributed by atoms with Gasteiger partial charge in [0.15, 0.2) is 5.96 Å². The Morgan fingerprint density at radius 1 is 1.24 bits per heavy atom. The lowest BCUT2D eigenvalue weighted by atomic mass is 10.3. The Labute approximate surface area is 169 Å². The lowest BCUT2D eigenvalue weighted by molar-refractivity contribution is 0.0904. The Morgan fingerprint density at radius 2 is 1.88 bits per heavy atom. The quantitative estimate of drug-likeness (QED) is 0.317. The standard InChI is InChI=1S/C16H32N4O3S.HI/c1-14(2)23-12-13-24(21,22)20-10-8-19(9-11-20)16(17-3)18-7-6-15-4-5-15;/h14-15H,4-13H2,1-3H3,(H,17,18);1H. The molecule has 2 aliphatic rings. The summed E-state index contributed by atoms with van der Waals surface area (Å²) in [7, 11) is -1.45. The maximum absolute atomic E-state index is 12.3. The van der Waals surface area contributed by atoms with E-state index in [9.17, 15) is 8.42 Å². The summed E-state index contributed by atoms with van der Waals surface area (Å²) in [4.78, 5) is 6.47. The van der Waals surface area contributed by atoms with Crippen LogP contribution in [-0.2, 0) is 14.8 Å². The third-order valence-electron chi connectivity index (χ3n) is 4.47. The first-order valence-electron chi connectivity index (χ1n) is 8.97. The van der Waals surface area contributed by atoms with Gasteiger partial charge in [0.05, 0.1) is 18.5 Å². The Hall–Kier alpha value is -0.130. The minimum atomic E-state index is -3.23. The van der Waals surface area contributed by atoms with Gasteiger partial charge in [-0.25, -0.2) is 8.42 Å². The summed E-state index contributed by atoms with van der Waals surface area (Å²) < 4.78 is 31.6. The summed E-state index contributed by atoms with van der Waals surface area (Å²) in [5.74, 6) is 1.83. The van der Waals surface area contributed by atoms with Crippen LogP contribution in [0.4, 0.5) is 0 Å². The second kappa shape index (κ2) is 10.9. The highest BCUT2D eigenvalue weighted by Gasteiger charge is 2.28. The van der Waals surface area contributed by atoms with Crippen molar-refractivity contribution in [2.45, 2.75) is 39.2 Å². The Kier molecular flexibility index (Phi) is 9.97. The molecule has 1 heterocycles. The van der Waals surface area contributed by atoms with Crippen LogP contribution in [-0.4, -0.2) is 81.8 Å². The number of aliphatic imine (C=N–C) groups is 1. The zero-order valence-corrected chi connectivity index (χ0v) is 18.8. The van der Waals surface area contributed by atoms with Crippen LogP contribution in [0.25, 0.3) is 0 Å². The average molecular weight is 488 g/mol. The molecule has 0 amide bonds. The molecule has 25 heavy (non-hydrogen) atoms. The summed E-state index contributed by atoms with van der Waals surface area (Å²) in [5.41, 5.74) is 0. The van der Waals surface area contributed by atoms with E-state index in [2.05, 4.69) is 15.2 Å². The van der Waals surface area contributed by atoms with Gasteiger partial charge in [0.25, 0.3) is 0 Å². The molecule has 148 valence electrons. The molecule has 0 aromatic rings. The molecular formula is C16H33IN4O3S. The number of hydrogen-bond acceptors (Lipinski definition) is 4. The number of hydrogen-bond donors (Lipinski definition) is 1. The van der Waals surface area contributed by atoms with E-state index < -0.39 is 10.0 Å². The van der Waals surface area contributed by atoms with Crippen LogP contribution in [0.2, 0.25) is 0 Å². The number of nitrogens with zero attached hydrogens (tertiary/aromatic N) is 3. The fourth-order valence-corrected chi connectivity index (χ4v) is 4.11. The van der Waals surface area contributed by atoms with Crippen molar-refractivity contribution in [3.8, 4) is 0 Å². The molecule has 1 N–H and O–H groups in total. The zero-order valence-electron chi connectivity index (χ0n) is 15.6. The molecule has 0 atom stereocenters. The summed E-state index contributed by atoms with van der Waals surface area (Å²) in [6.45, 7) is 7.38. The summed E-state index contributed by atoms with van der Waals surface area (Å²) in [5, 5.41) is 3.40. The Morgan fingerprint density at radius 3 is 2.40 bits per heavy atom. The van der Waals surface area contributed by atoms with Crippen molar-refractivity contribution < 1.29 is 13.2 Å². The fraction of sp³-hybridized carbons (Fsp3) is 0.938. The molecule has 0 radical (unpaired) electrons. The highest BCUT2D eigenvalue weighted by molar-refractivity contribution is 14.0. The van der Waals surface area contributed by atoms with Gasteiger partial charge in [0.1, 0.15) is 0 Å². The first kappa shape index (κ1) is 22.9. The van der Waals surface area contributed by atoms with Crippen molar-refractivity contribution in [2.75, 3.05) is 52.1 Å². The van der Waals surface area contributed by atoms with E-state index in [1.807, 2.05) is 13.8 Å². The van der Waals surface area contributed by atoms with Crippen molar-refractivity contribution in [2.24, 2.45) is 10.9 Å². The van der Waals surface area contributed by atoms with Gasteiger partial charge in [0.2, 0.25) is 10.0 Å². The van der Waals surface area contributed by atoms with E-state index >= 15 is 0 Å². The van der Waals surface area contributed by atoms with Crippen LogP contribution in [0, 0.1) is 5.92 Å². The summed E-state index contributed by atoms with van der Waals surface area (Å²) >= 11 is 0. The van der Waals surface area contributed by atoms with Crippen molar-refractivity contribution in [1.29, 1.82) is 0 Å². The van der Waals surface area contributed by atoms with Crippen molar-refractivity contribution in [1.82, 2.24) is 14.5 Å². The molecule has 0 bridgehead atoms. The van der Waals surface area contributed by atoms with Gasteiger partial charge in [0, 0.05) is 39.8 Å². The minimum Gasteiger partial charge on any atom is -0.378 e. The molecule has 0 aromatic heterocycles. The maximum atomic E-state index is 12.3. The third kappa shape index (κ3) is 7.96. The minimum absolute atomic E-state index is 0. The number of ether oxygens (including phenoxy) is 1. The number of guanidine groups is 1. The average Bonchev–Trinajstić information content (AvgIpc) is 3.35. The highest BCUT2D eigenvalue weighted by Crippen LogP contribution is 2.31. The molecule has 2 fully saturated rings. The van der Waals surface area contributed by atoms with Gasteiger partial charge in [-0.3, -0.25) is 4.99 Å². The predicted octanol–water partition coefficient (Wildman–Crippen LogP) is 1.35. The first-order chi connectivity index (χ1) is 11.4. The Bertz CT molecular complexity index is 515. The maximum Gasteiger partial charge on any atom is 0.216 e. The molecule has 0 spiro atoms. The van der Waals surface area contributed by atoms with Crippen LogP contribution in [0.15, 0.2) is 4.99 Å². The molecular weight excluding hydrogens is 455 g/mol. The lowest BCUT2D eigenvalue weighted by Gasteiger charge is -2.35. The number of rotatable bonds is 8. The van der Waals surface area contributed by atoms with E-state index in [0.29, 0.717) is 26.2 Å². The second-order valence-electron chi connectivity index (χ2n) is 6.83. The third-order valence-corrected chi connectivity index (χ3v) is 6.30. The number of piperazine rings is 1. The van der Waals surface area contributed by atoms with E-state index in [1.165, 1.54) is 19.3 Å². The van der Waals surface area contributed by atoms with Crippen LogP contribution >= 0.6 is 24.0 Å². The number of halogens is 1. The SMILES string of the molecule is CN=C(NCCC1CC1)N1CCN(S(=O)(=O)CCOC(C)C)CC1.I. The largest absolute Gasteiger partial charge is 0.378 e. The van der Waals surface area contributed by atoms with E-state index in [4.69, 9.17) is 4.74 Å². The van der Waals surface area contributed by atoms with Gasteiger partial charge < -0.3 is 15.0 Å². The fourth-order valence-electron chi connectivity index (χ4n) is 2.82. The highest BCUT2D eigenvalue weighted by atomic mass is 127. The monoisotopic (exact) mass is 488 g/mol. The van der Waals surface area contributed by atoms with Gasteiger partial charge in [-0.2, -0.15) is 4.31 Å². The second-order valence-corrected chi connectivity index (χ2v) is 8.92. The van der Waals surface area contributed by atoms with Crippen molar-refractivity contribution in [3.05, 3.63) is 0 Å². The van der Waals surface area contributed by atoms with Gasteiger partial charge >= 0.3 is 0 Å². The molecule has 2 rings (SSSR count). The summed E-state index contributed by atoms with van der Waals surface area (Å²) in [6.07, 6.45) is 3.97. The lowest BCUT2D eigenvalue weighted by Crippen LogP contribution is -2.54. The number of nitrogens with one attached hydrogen (secondary N) is 1. The Balaban J connectivity index is 0.00000312. The van der Waals surface area contributed by atoms with Crippen LogP contribution in [0.3, 0.4) is 0 Å². The molecule has 1 saturated heterocycles. The topological polar surface area (TPSA) is 74.2 Å². The zero-order chi connectivity index (χ0) is 17.6. The normalized spacial score (nSPS) is 19.8. The van der Waals surface area contributed by atoms with Crippen LogP contribution in [0.5, 0.6) is 0 Å². The van der Waals surface area contributed by atoms with Crippen LogP contribution < -0.4 is 5.32 Å². The van der Waals surface area contributed by atoms with E-state index in [1.54, 1.807) is 11.4 Å². The molecule has 1 saturated carbocycles. The molecule has 1 aliphatic carbocycles. The van der Waals surface area contributed by atoms with Crippen molar-refractivity contribution >= 4 is 40.0 Å². The number of sulfonamides is 1. The molecule has 7 nitrogen and oxygen atoms in total. The van der Waals surface area contributed by atoms with E-state index in [-0.39, 0.29) is 42.4 Å². The predicted molar refractivity (Wildman–Crippen MR) is 112 cm³/mol.